The van der Waals surface area contributed by atoms with Gasteiger partial charge in [-0.15, -0.1) is 0 Å². The van der Waals surface area contributed by atoms with Gasteiger partial charge in [0.2, 0.25) is 11.8 Å². The van der Waals surface area contributed by atoms with Crippen LogP contribution in [-0.2, 0) is 20.7 Å². The van der Waals surface area contributed by atoms with E-state index in [0.29, 0.717) is 30.8 Å². The third-order valence-electron chi connectivity index (χ3n) is 6.69. The number of fused-ring (bicyclic) bond motifs is 4. The lowest BCUT2D eigenvalue weighted by molar-refractivity contribution is -0.133. The van der Waals surface area contributed by atoms with Crippen LogP contribution in [0.25, 0.3) is 0 Å². The molecule has 0 bridgehead atoms. The number of hydrogen-bond donors (Lipinski definition) is 2. The van der Waals surface area contributed by atoms with Gasteiger partial charge in [0.25, 0.3) is 0 Å². The Balaban J connectivity index is 1.34. The monoisotopic (exact) mass is 403 g/mol. The van der Waals surface area contributed by atoms with Crippen LogP contribution in [0.15, 0.2) is 12.1 Å². The molecule has 3 aliphatic heterocycles. The summed E-state index contributed by atoms with van der Waals surface area (Å²) in [6.07, 6.45) is -0.433. The van der Waals surface area contributed by atoms with Gasteiger partial charge in [0.05, 0.1) is 18.3 Å². The molecule has 5 rings (SSSR count). The summed E-state index contributed by atoms with van der Waals surface area (Å²) in [6, 6.07) is 3.01. The summed E-state index contributed by atoms with van der Waals surface area (Å²) < 4.78 is 20.3. The first-order chi connectivity index (χ1) is 13.9. The number of nitrogens with one attached hydrogen (secondary N) is 1. The predicted octanol–water partition coefficient (Wildman–Crippen LogP) is 0.376. The van der Waals surface area contributed by atoms with Crippen molar-refractivity contribution in [2.24, 2.45) is 11.8 Å². The SMILES string of the molecule is CC(=O)NC[C@@H]1OC(=O)N2c3cc(F)c(C4C5CN(C(=O)CO)CC54)cc3C[C@@H]12. The Morgan fingerprint density at radius 2 is 2.03 bits per heavy atom. The molecular weight excluding hydrogens is 381 g/mol. The number of hydrogen-bond acceptors (Lipinski definition) is 5. The summed E-state index contributed by atoms with van der Waals surface area (Å²) in [5.41, 5.74) is 2.08. The zero-order chi connectivity index (χ0) is 20.4. The van der Waals surface area contributed by atoms with Gasteiger partial charge in [-0.1, -0.05) is 6.07 Å². The maximum Gasteiger partial charge on any atom is 0.415 e. The molecule has 1 aliphatic carbocycles. The average molecular weight is 403 g/mol. The fourth-order valence-corrected chi connectivity index (χ4v) is 5.27. The minimum Gasteiger partial charge on any atom is -0.442 e. The molecule has 0 spiro atoms. The Kier molecular flexibility index (Phi) is 4.06. The van der Waals surface area contributed by atoms with Crippen molar-refractivity contribution in [2.75, 3.05) is 31.1 Å². The van der Waals surface area contributed by atoms with Gasteiger partial charge in [-0.2, -0.15) is 0 Å². The van der Waals surface area contributed by atoms with E-state index >= 15 is 0 Å². The highest BCUT2D eigenvalue weighted by Gasteiger charge is 2.58. The molecule has 4 atom stereocenters. The number of likely N-dealkylation sites (tertiary alicyclic amines) is 1. The first-order valence-corrected chi connectivity index (χ1v) is 9.84. The van der Waals surface area contributed by atoms with Crippen LogP contribution in [-0.4, -0.2) is 66.3 Å². The van der Waals surface area contributed by atoms with E-state index in [1.807, 2.05) is 6.07 Å². The van der Waals surface area contributed by atoms with Crippen LogP contribution in [0.3, 0.4) is 0 Å². The molecule has 29 heavy (non-hydrogen) atoms. The highest BCUT2D eigenvalue weighted by molar-refractivity contribution is 5.94. The van der Waals surface area contributed by atoms with E-state index < -0.39 is 18.8 Å². The highest BCUT2D eigenvalue weighted by atomic mass is 19.1. The van der Waals surface area contributed by atoms with Gasteiger partial charge in [-0.3, -0.25) is 14.5 Å². The Hall–Kier alpha value is -2.68. The lowest BCUT2D eigenvalue weighted by Crippen LogP contribution is -2.40. The zero-order valence-electron chi connectivity index (χ0n) is 15.9. The van der Waals surface area contributed by atoms with Crippen LogP contribution in [0, 0.1) is 17.7 Å². The van der Waals surface area contributed by atoms with Crippen LogP contribution < -0.4 is 10.2 Å². The molecule has 2 unspecified atom stereocenters. The summed E-state index contributed by atoms with van der Waals surface area (Å²) >= 11 is 0. The van der Waals surface area contributed by atoms with Crippen molar-refractivity contribution in [3.05, 3.63) is 29.1 Å². The topological polar surface area (TPSA) is 99.2 Å². The minimum atomic E-state index is -0.516. The largest absolute Gasteiger partial charge is 0.442 e. The number of carbonyl (C=O) groups excluding carboxylic acids is 3. The summed E-state index contributed by atoms with van der Waals surface area (Å²) in [5.74, 6) is -0.317. The molecule has 0 radical (unpaired) electrons. The molecule has 8 nitrogen and oxygen atoms in total. The van der Waals surface area contributed by atoms with E-state index in [-0.39, 0.29) is 48.0 Å². The first-order valence-electron chi connectivity index (χ1n) is 9.84. The standard InChI is InChI=1S/C20H22FN3O5/c1-9(26)22-5-17-16-3-10-2-11(14(21)4-15(10)24(16)20(28)29-17)19-12-6-23(7-13(12)19)18(27)8-25/h2,4,12-13,16-17,19,25H,3,5-8H2,1H3,(H,22,26)/t12?,13?,16-,17-,19?/m0/s1. The molecule has 4 aliphatic rings. The van der Waals surface area contributed by atoms with E-state index in [0.717, 1.165) is 5.56 Å². The predicted molar refractivity (Wildman–Crippen MR) is 98.7 cm³/mol. The maximum atomic E-state index is 14.9. The Labute approximate surface area is 166 Å². The highest BCUT2D eigenvalue weighted by Crippen LogP contribution is 2.59. The number of piperidine rings is 1. The number of halogens is 1. The van der Waals surface area contributed by atoms with E-state index in [1.165, 1.54) is 17.9 Å². The van der Waals surface area contributed by atoms with Crippen LogP contribution in [0.4, 0.5) is 14.9 Å². The van der Waals surface area contributed by atoms with Crippen LogP contribution in [0.5, 0.6) is 0 Å². The van der Waals surface area contributed by atoms with Crippen molar-refractivity contribution in [1.82, 2.24) is 10.2 Å². The van der Waals surface area contributed by atoms with Gasteiger partial charge >= 0.3 is 6.09 Å². The van der Waals surface area contributed by atoms with Crippen molar-refractivity contribution in [1.29, 1.82) is 0 Å². The number of aliphatic hydroxyl groups excluding tert-OH is 1. The molecule has 154 valence electrons. The van der Waals surface area contributed by atoms with E-state index in [4.69, 9.17) is 9.84 Å². The molecule has 2 saturated heterocycles. The Morgan fingerprint density at radius 1 is 1.31 bits per heavy atom. The van der Waals surface area contributed by atoms with Gasteiger partial charge in [-0.05, 0) is 41.4 Å². The number of ether oxygens (including phenoxy) is 1. The first kappa shape index (κ1) is 18.4. The van der Waals surface area contributed by atoms with Gasteiger partial charge in [-0.25, -0.2) is 9.18 Å². The van der Waals surface area contributed by atoms with Crippen LogP contribution >= 0.6 is 0 Å². The minimum absolute atomic E-state index is 0.0700. The number of anilines is 1. The van der Waals surface area contributed by atoms with Crippen molar-refractivity contribution in [2.45, 2.75) is 31.4 Å². The molecule has 3 heterocycles. The smallest absolute Gasteiger partial charge is 0.415 e. The molecule has 9 heteroatoms. The lowest BCUT2D eigenvalue weighted by atomic mass is 9.99. The average Bonchev–Trinajstić information content (AvgIpc) is 3.03. The van der Waals surface area contributed by atoms with Crippen molar-refractivity contribution in [3.8, 4) is 0 Å². The molecule has 3 fully saturated rings. The van der Waals surface area contributed by atoms with Gasteiger partial charge in [0.1, 0.15) is 18.5 Å². The summed E-state index contributed by atoms with van der Waals surface area (Å²) in [7, 11) is 0. The normalized spacial score (nSPS) is 31.3. The van der Waals surface area contributed by atoms with Gasteiger partial charge in [0.15, 0.2) is 0 Å². The summed E-state index contributed by atoms with van der Waals surface area (Å²) in [6.45, 7) is 2.23. The third-order valence-corrected chi connectivity index (χ3v) is 6.69. The van der Waals surface area contributed by atoms with Crippen LogP contribution in [0.1, 0.15) is 24.0 Å². The second-order valence-electron chi connectivity index (χ2n) is 8.31. The fraction of sp³-hybridized carbons (Fsp3) is 0.550. The fourth-order valence-electron chi connectivity index (χ4n) is 5.27. The number of amides is 3. The maximum absolute atomic E-state index is 14.9. The number of nitrogens with zero attached hydrogens (tertiary/aromatic N) is 2. The van der Waals surface area contributed by atoms with E-state index in [2.05, 4.69) is 5.32 Å². The van der Waals surface area contributed by atoms with E-state index in [1.54, 1.807) is 4.90 Å². The molecule has 1 aromatic rings. The second kappa shape index (κ2) is 6.41. The van der Waals surface area contributed by atoms with Crippen molar-refractivity contribution >= 4 is 23.6 Å². The molecule has 1 saturated carbocycles. The van der Waals surface area contributed by atoms with Crippen LogP contribution in [0.2, 0.25) is 0 Å². The van der Waals surface area contributed by atoms with Crippen molar-refractivity contribution < 1.29 is 28.6 Å². The number of carbonyl (C=O) groups is 3. The molecular formula is C20H22FN3O5. The number of benzene rings is 1. The summed E-state index contributed by atoms with van der Waals surface area (Å²) in [5, 5.41) is 11.7. The Morgan fingerprint density at radius 3 is 2.69 bits per heavy atom. The molecule has 3 amide bonds. The molecule has 1 aromatic carbocycles. The second-order valence-corrected chi connectivity index (χ2v) is 8.31. The number of rotatable bonds is 4. The lowest BCUT2D eigenvalue weighted by Gasteiger charge is -2.19. The quantitative estimate of drug-likeness (QED) is 0.757. The van der Waals surface area contributed by atoms with Gasteiger partial charge in [0, 0.05) is 20.0 Å². The van der Waals surface area contributed by atoms with Crippen molar-refractivity contribution in [3.63, 3.8) is 0 Å². The number of aliphatic hydroxyl groups is 1. The Bertz CT molecular complexity index is 910. The van der Waals surface area contributed by atoms with Gasteiger partial charge < -0.3 is 20.1 Å². The summed E-state index contributed by atoms with van der Waals surface area (Å²) in [4.78, 5) is 38.3. The number of cyclic esters (lactones) is 1. The molecule has 0 aromatic heterocycles. The van der Waals surface area contributed by atoms with E-state index in [9.17, 15) is 18.8 Å². The zero-order valence-corrected chi connectivity index (χ0v) is 15.9. The molecule has 2 N–H and O–H groups in total. The third kappa shape index (κ3) is 2.78.